The topological polar surface area (TPSA) is 72.8 Å². The standard InChI is InChI=1S/C32H33NO4/c1-6-16-32(17-7-2)28-18-23(30(35)21(4)33-37-22(5)34)12-14-26(28)27-15-13-24(19-29(27)32)31(36)25-11-9-8-10-20(25)3/h8-15,18-19H,6-7,16-17H2,1-5H3/b33-21+. The summed E-state index contributed by atoms with van der Waals surface area (Å²) in [6, 6.07) is 19.5. The maximum atomic E-state index is 13.5. The van der Waals surface area contributed by atoms with Crippen LogP contribution >= 0.6 is 0 Å². The Balaban J connectivity index is 1.84. The highest BCUT2D eigenvalue weighted by molar-refractivity contribution is 6.45. The Hall–Kier alpha value is -3.86. The fraction of sp³-hybridized carbons (Fsp3) is 0.312. The van der Waals surface area contributed by atoms with E-state index in [4.69, 9.17) is 0 Å². The van der Waals surface area contributed by atoms with Gasteiger partial charge in [0, 0.05) is 29.0 Å². The van der Waals surface area contributed by atoms with Crippen molar-refractivity contribution in [2.75, 3.05) is 0 Å². The molecule has 0 spiro atoms. The van der Waals surface area contributed by atoms with Crippen LogP contribution in [0.1, 0.15) is 96.3 Å². The number of rotatable bonds is 9. The summed E-state index contributed by atoms with van der Waals surface area (Å²) in [5, 5.41) is 3.69. The maximum Gasteiger partial charge on any atom is 0.331 e. The minimum absolute atomic E-state index is 0.0203. The molecule has 5 heteroatoms. The first-order valence-electron chi connectivity index (χ1n) is 12.9. The third-order valence-corrected chi connectivity index (χ3v) is 7.27. The van der Waals surface area contributed by atoms with Crippen LogP contribution in [0.4, 0.5) is 0 Å². The SMILES string of the molecule is CCCC1(CCC)c2cc(C(=O)/C(C)=N/OC(C)=O)ccc2-c2ccc(C(=O)c3ccccc3C)cc21. The molecule has 0 saturated carbocycles. The maximum absolute atomic E-state index is 13.5. The molecule has 0 aromatic heterocycles. The van der Waals surface area contributed by atoms with Gasteiger partial charge in [0.05, 0.1) is 0 Å². The molecule has 0 saturated heterocycles. The number of carbonyl (C=O) groups excluding carboxylic acids is 3. The molecular weight excluding hydrogens is 462 g/mol. The van der Waals surface area contributed by atoms with Crippen LogP contribution in [0.2, 0.25) is 0 Å². The van der Waals surface area contributed by atoms with Crippen molar-refractivity contribution in [2.45, 2.75) is 65.7 Å². The number of ketones is 2. The van der Waals surface area contributed by atoms with E-state index in [2.05, 4.69) is 36.0 Å². The molecule has 0 unspecified atom stereocenters. The monoisotopic (exact) mass is 495 g/mol. The highest BCUT2D eigenvalue weighted by Gasteiger charge is 2.42. The Morgan fingerprint density at radius 3 is 1.95 bits per heavy atom. The fourth-order valence-electron chi connectivity index (χ4n) is 5.66. The molecule has 1 aliphatic carbocycles. The predicted octanol–water partition coefficient (Wildman–Crippen LogP) is 7.21. The van der Waals surface area contributed by atoms with Gasteiger partial charge < -0.3 is 4.84 Å². The fourth-order valence-corrected chi connectivity index (χ4v) is 5.66. The van der Waals surface area contributed by atoms with Gasteiger partial charge in [-0.1, -0.05) is 80.4 Å². The molecule has 0 atom stereocenters. The summed E-state index contributed by atoms with van der Waals surface area (Å²) in [7, 11) is 0. The number of carbonyl (C=O) groups is 3. The van der Waals surface area contributed by atoms with Crippen molar-refractivity contribution in [1.82, 2.24) is 0 Å². The molecule has 190 valence electrons. The van der Waals surface area contributed by atoms with E-state index in [1.54, 1.807) is 13.0 Å². The lowest BCUT2D eigenvalue weighted by molar-refractivity contribution is -0.140. The van der Waals surface area contributed by atoms with Gasteiger partial charge in [0.15, 0.2) is 5.78 Å². The van der Waals surface area contributed by atoms with Crippen molar-refractivity contribution in [3.63, 3.8) is 0 Å². The number of Topliss-reactive ketones (excluding diaryl/α,β-unsaturated/α-hetero) is 1. The van der Waals surface area contributed by atoms with Crippen LogP contribution in [0.5, 0.6) is 0 Å². The Labute approximate surface area is 218 Å². The van der Waals surface area contributed by atoms with E-state index in [1.807, 2.05) is 49.4 Å². The second-order valence-electron chi connectivity index (χ2n) is 9.84. The molecule has 4 rings (SSSR count). The average molecular weight is 496 g/mol. The van der Waals surface area contributed by atoms with Crippen LogP contribution in [0.3, 0.4) is 0 Å². The first-order valence-corrected chi connectivity index (χ1v) is 12.9. The Kier molecular flexibility index (Phi) is 7.53. The Morgan fingerprint density at radius 2 is 1.38 bits per heavy atom. The number of aryl methyl sites for hydroxylation is 1. The van der Waals surface area contributed by atoms with Crippen LogP contribution in [0.15, 0.2) is 65.8 Å². The molecule has 0 N–H and O–H groups in total. The van der Waals surface area contributed by atoms with Gasteiger partial charge in [-0.25, -0.2) is 4.79 Å². The molecule has 0 radical (unpaired) electrons. The molecule has 1 aliphatic rings. The first kappa shape index (κ1) is 26.2. The van der Waals surface area contributed by atoms with Gasteiger partial charge in [-0.15, -0.1) is 0 Å². The van der Waals surface area contributed by atoms with Gasteiger partial charge in [-0.3, -0.25) is 9.59 Å². The smallest absolute Gasteiger partial charge is 0.318 e. The second kappa shape index (κ2) is 10.6. The third kappa shape index (κ3) is 4.78. The summed E-state index contributed by atoms with van der Waals surface area (Å²) in [5.74, 6) is -0.832. The van der Waals surface area contributed by atoms with Gasteiger partial charge in [0.25, 0.3) is 0 Å². The summed E-state index contributed by atoms with van der Waals surface area (Å²) in [6.45, 7) is 9.09. The van der Waals surface area contributed by atoms with Crippen molar-refractivity contribution < 1.29 is 19.2 Å². The van der Waals surface area contributed by atoms with Gasteiger partial charge in [0.2, 0.25) is 5.78 Å². The predicted molar refractivity (Wildman–Crippen MR) is 146 cm³/mol. The lowest BCUT2D eigenvalue weighted by Gasteiger charge is -2.32. The highest BCUT2D eigenvalue weighted by Crippen LogP contribution is 2.54. The summed E-state index contributed by atoms with van der Waals surface area (Å²) < 4.78 is 0. The molecule has 5 nitrogen and oxygen atoms in total. The van der Waals surface area contributed by atoms with E-state index in [-0.39, 0.29) is 22.7 Å². The second-order valence-corrected chi connectivity index (χ2v) is 9.84. The Morgan fingerprint density at radius 1 is 0.811 bits per heavy atom. The van der Waals surface area contributed by atoms with E-state index in [0.717, 1.165) is 53.5 Å². The largest absolute Gasteiger partial charge is 0.331 e. The number of hydrogen-bond donors (Lipinski definition) is 0. The van der Waals surface area contributed by atoms with Gasteiger partial charge in [-0.05, 0) is 66.6 Å². The van der Waals surface area contributed by atoms with Crippen LogP contribution < -0.4 is 0 Å². The molecule has 37 heavy (non-hydrogen) atoms. The summed E-state index contributed by atoms with van der Waals surface area (Å²) in [5.41, 5.74) is 7.15. The lowest BCUT2D eigenvalue weighted by atomic mass is 9.71. The molecule has 0 aliphatic heterocycles. The van der Waals surface area contributed by atoms with E-state index in [1.165, 1.54) is 6.92 Å². The van der Waals surface area contributed by atoms with E-state index in [0.29, 0.717) is 16.7 Å². The summed E-state index contributed by atoms with van der Waals surface area (Å²) in [4.78, 5) is 42.4. The number of hydrogen-bond acceptors (Lipinski definition) is 5. The van der Waals surface area contributed by atoms with Gasteiger partial charge in [-0.2, -0.15) is 0 Å². The van der Waals surface area contributed by atoms with Crippen molar-refractivity contribution in [2.24, 2.45) is 5.16 Å². The van der Waals surface area contributed by atoms with Crippen molar-refractivity contribution in [3.05, 3.63) is 94.0 Å². The van der Waals surface area contributed by atoms with E-state index < -0.39 is 5.97 Å². The molecule has 0 fully saturated rings. The van der Waals surface area contributed by atoms with Crippen LogP contribution in [0, 0.1) is 6.92 Å². The molecule has 3 aromatic rings. The van der Waals surface area contributed by atoms with Crippen LogP contribution in [-0.4, -0.2) is 23.2 Å². The zero-order valence-electron chi connectivity index (χ0n) is 22.2. The molecule has 3 aromatic carbocycles. The highest BCUT2D eigenvalue weighted by atomic mass is 16.7. The zero-order valence-corrected chi connectivity index (χ0v) is 22.2. The van der Waals surface area contributed by atoms with Crippen molar-refractivity contribution >= 4 is 23.2 Å². The normalized spacial score (nSPS) is 13.6. The van der Waals surface area contributed by atoms with Crippen molar-refractivity contribution in [1.29, 1.82) is 0 Å². The average Bonchev–Trinajstić information content (AvgIpc) is 3.15. The molecule has 0 heterocycles. The van der Waals surface area contributed by atoms with Crippen LogP contribution in [0.25, 0.3) is 11.1 Å². The summed E-state index contributed by atoms with van der Waals surface area (Å²) >= 11 is 0. The molecular formula is C32H33NO4. The molecule has 0 bridgehead atoms. The minimum atomic E-state index is -0.572. The lowest BCUT2D eigenvalue weighted by Crippen LogP contribution is -2.26. The quantitative estimate of drug-likeness (QED) is 0.136. The number of oxime groups is 1. The van der Waals surface area contributed by atoms with E-state index >= 15 is 0 Å². The van der Waals surface area contributed by atoms with Crippen molar-refractivity contribution in [3.8, 4) is 11.1 Å². The van der Waals surface area contributed by atoms with E-state index in [9.17, 15) is 14.4 Å². The van der Waals surface area contributed by atoms with Gasteiger partial charge in [0.1, 0.15) is 5.71 Å². The first-order chi connectivity index (χ1) is 17.7. The molecule has 0 amide bonds. The van der Waals surface area contributed by atoms with Crippen LogP contribution in [-0.2, 0) is 15.0 Å². The number of fused-ring (bicyclic) bond motifs is 3. The number of nitrogens with zero attached hydrogens (tertiary/aromatic N) is 1. The third-order valence-electron chi connectivity index (χ3n) is 7.27. The van der Waals surface area contributed by atoms with Gasteiger partial charge >= 0.3 is 5.97 Å². The number of benzene rings is 3. The summed E-state index contributed by atoms with van der Waals surface area (Å²) in [6.07, 6.45) is 3.72. The zero-order chi connectivity index (χ0) is 26.7. The Bertz CT molecular complexity index is 1410. The minimum Gasteiger partial charge on any atom is -0.318 e.